The average molecular weight is 227 g/mol. The molecule has 0 bridgehead atoms. The highest BCUT2D eigenvalue weighted by Gasteiger charge is 2.21. The predicted octanol–water partition coefficient (Wildman–Crippen LogP) is 2.85. The van der Waals surface area contributed by atoms with Crippen LogP contribution in [0.15, 0.2) is 4.52 Å². The Kier molecular flexibility index (Phi) is 3.88. The van der Waals surface area contributed by atoms with Crippen LogP contribution in [0.3, 0.4) is 0 Å². The van der Waals surface area contributed by atoms with Crippen molar-refractivity contribution in [2.75, 3.05) is 17.6 Å². The Morgan fingerprint density at radius 1 is 1.53 bits per heavy atom. The van der Waals surface area contributed by atoms with Gasteiger partial charge in [-0.25, -0.2) is 0 Å². The summed E-state index contributed by atoms with van der Waals surface area (Å²) in [6.45, 7) is 3.00. The fourth-order valence-corrected chi connectivity index (χ4v) is 2.85. The molecule has 2 rings (SSSR count). The smallest absolute Gasteiger partial charge is 0.321 e. The van der Waals surface area contributed by atoms with Crippen LogP contribution in [-0.2, 0) is 0 Å². The van der Waals surface area contributed by atoms with E-state index in [1.54, 1.807) is 0 Å². The second-order valence-electron chi connectivity index (χ2n) is 3.74. The molecule has 0 saturated carbocycles. The van der Waals surface area contributed by atoms with Crippen molar-refractivity contribution >= 4 is 17.8 Å². The van der Waals surface area contributed by atoms with Gasteiger partial charge in [0.15, 0.2) is 5.82 Å². The largest absolute Gasteiger partial charge is 0.338 e. The van der Waals surface area contributed by atoms with Crippen LogP contribution in [0.5, 0.6) is 0 Å². The molecule has 2 heterocycles. The van der Waals surface area contributed by atoms with Crippen molar-refractivity contribution in [1.29, 1.82) is 0 Å². The normalized spacial score (nSPS) is 21.5. The number of thioether (sulfide) groups is 1. The van der Waals surface area contributed by atoms with Gasteiger partial charge in [-0.3, -0.25) is 0 Å². The van der Waals surface area contributed by atoms with Gasteiger partial charge in [0, 0.05) is 6.54 Å². The summed E-state index contributed by atoms with van der Waals surface area (Å²) in [4.78, 5) is 4.36. The molecule has 1 unspecified atom stereocenters. The number of rotatable bonds is 4. The van der Waals surface area contributed by atoms with Crippen molar-refractivity contribution in [2.45, 2.75) is 37.9 Å². The fraction of sp³-hybridized carbons (Fsp3) is 0.800. The molecule has 15 heavy (non-hydrogen) atoms. The van der Waals surface area contributed by atoms with E-state index >= 15 is 0 Å². The van der Waals surface area contributed by atoms with Crippen LogP contribution >= 0.6 is 11.8 Å². The van der Waals surface area contributed by atoms with Crippen molar-refractivity contribution < 1.29 is 4.52 Å². The number of anilines is 1. The maximum absolute atomic E-state index is 5.13. The van der Waals surface area contributed by atoms with E-state index in [0.717, 1.165) is 18.8 Å². The van der Waals surface area contributed by atoms with Gasteiger partial charge < -0.3 is 9.84 Å². The van der Waals surface area contributed by atoms with Crippen LogP contribution < -0.4 is 5.32 Å². The maximum Gasteiger partial charge on any atom is 0.321 e. The fourth-order valence-electron chi connectivity index (χ4n) is 1.61. The average Bonchev–Trinajstić information content (AvgIpc) is 2.76. The molecule has 1 saturated heterocycles. The highest BCUT2D eigenvalue weighted by atomic mass is 32.2. The minimum atomic E-state index is 0.444. The van der Waals surface area contributed by atoms with Crippen LogP contribution in [-0.4, -0.2) is 22.4 Å². The molecule has 1 aromatic heterocycles. The van der Waals surface area contributed by atoms with Crippen LogP contribution in [0.2, 0.25) is 0 Å². The molecule has 0 aromatic carbocycles. The number of hydrogen-bond acceptors (Lipinski definition) is 5. The van der Waals surface area contributed by atoms with Gasteiger partial charge in [-0.05, 0) is 25.0 Å². The van der Waals surface area contributed by atoms with Crippen molar-refractivity contribution in [3.8, 4) is 0 Å². The summed E-state index contributed by atoms with van der Waals surface area (Å²) >= 11 is 1.94. The summed E-state index contributed by atoms with van der Waals surface area (Å²) in [5, 5.41) is 7.57. The molecule has 4 nitrogen and oxygen atoms in total. The van der Waals surface area contributed by atoms with Crippen LogP contribution in [0.1, 0.15) is 43.7 Å². The van der Waals surface area contributed by atoms with Gasteiger partial charge in [-0.2, -0.15) is 16.7 Å². The third-order valence-corrected chi connectivity index (χ3v) is 3.81. The quantitative estimate of drug-likeness (QED) is 0.857. The highest BCUT2D eigenvalue weighted by molar-refractivity contribution is 7.99. The van der Waals surface area contributed by atoms with E-state index in [4.69, 9.17) is 4.52 Å². The van der Waals surface area contributed by atoms with Crippen molar-refractivity contribution in [1.82, 2.24) is 10.1 Å². The van der Waals surface area contributed by atoms with Crippen molar-refractivity contribution in [2.24, 2.45) is 0 Å². The predicted molar refractivity (Wildman–Crippen MR) is 62.1 cm³/mol. The molecular formula is C10H17N3OS. The summed E-state index contributed by atoms with van der Waals surface area (Å²) in [7, 11) is 0. The van der Waals surface area contributed by atoms with Gasteiger partial charge >= 0.3 is 6.01 Å². The van der Waals surface area contributed by atoms with Gasteiger partial charge in [-0.1, -0.05) is 18.5 Å². The Labute approximate surface area is 94.2 Å². The number of aromatic nitrogens is 2. The minimum Gasteiger partial charge on any atom is -0.338 e. The molecule has 0 radical (unpaired) electrons. The zero-order valence-electron chi connectivity index (χ0n) is 9.03. The molecule has 1 aliphatic rings. The molecule has 5 heteroatoms. The van der Waals surface area contributed by atoms with E-state index in [1.807, 2.05) is 11.8 Å². The summed E-state index contributed by atoms with van der Waals surface area (Å²) < 4.78 is 5.13. The van der Waals surface area contributed by atoms with Crippen LogP contribution in [0, 0.1) is 0 Å². The van der Waals surface area contributed by atoms with Crippen molar-refractivity contribution in [3.63, 3.8) is 0 Å². The summed E-state index contributed by atoms with van der Waals surface area (Å²) in [5.41, 5.74) is 0. The first kappa shape index (κ1) is 10.8. The first-order valence-electron chi connectivity index (χ1n) is 5.59. The molecule has 1 N–H and O–H groups in total. The van der Waals surface area contributed by atoms with Gasteiger partial charge in [0.2, 0.25) is 0 Å². The summed E-state index contributed by atoms with van der Waals surface area (Å²) in [6.07, 6.45) is 4.84. The standard InChI is InChI=1S/C10H17N3OS/c1-2-6-11-10-12-9(13-14-10)8-5-3-4-7-15-8/h8H,2-7H2,1H3,(H,11,12,13). The van der Waals surface area contributed by atoms with E-state index in [2.05, 4.69) is 22.4 Å². The number of hydrogen-bond donors (Lipinski definition) is 1. The van der Waals surface area contributed by atoms with E-state index in [0.29, 0.717) is 11.3 Å². The molecule has 1 aliphatic heterocycles. The van der Waals surface area contributed by atoms with Crippen molar-refractivity contribution in [3.05, 3.63) is 5.82 Å². The number of nitrogens with zero attached hydrogens (tertiary/aromatic N) is 2. The lowest BCUT2D eigenvalue weighted by atomic mass is 10.2. The lowest BCUT2D eigenvalue weighted by Gasteiger charge is -2.17. The van der Waals surface area contributed by atoms with E-state index in [-0.39, 0.29) is 0 Å². The minimum absolute atomic E-state index is 0.444. The zero-order valence-corrected chi connectivity index (χ0v) is 9.85. The first-order chi connectivity index (χ1) is 7.40. The maximum atomic E-state index is 5.13. The van der Waals surface area contributed by atoms with Crippen LogP contribution in [0.25, 0.3) is 0 Å². The monoisotopic (exact) mass is 227 g/mol. The van der Waals surface area contributed by atoms with E-state index in [1.165, 1.54) is 25.0 Å². The topological polar surface area (TPSA) is 51.0 Å². The zero-order chi connectivity index (χ0) is 10.5. The third-order valence-electron chi connectivity index (χ3n) is 2.44. The summed E-state index contributed by atoms with van der Waals surface area (Å²) in [5.74, 6) is 2.08. The lowest BCUT2D eigenvalue weighted by molar-refractivity contribution is 0.420. The second kappa shape index (κ2) is 5.39. The Hall–Kier alpha value is -0.710. The van der Waals surface area contributed by atoms with E-state index in [9.17, 15) is 0 Å². The lowest BCUT2D eigenvalue weighted by Crippen LogP contribution is -2.04. The molecule has 1 fully saturated rings. The van der Waals surface area contributed by atoms with E-state index < -0.39 is 0 Å². The first-order valence-corrected chi connectivity index (χ1v) is 6.64. The van der Waals surface area contributed by atoms with Gasteiger partial charge in [0.1, 0.15) is 0 Å². The molecule has 0 amide bonds. The molecule has 0 spiro atoms. The molecule has 0 aliphatic carbocycles. The Morgan fingerprint density at radius 3 is 3.20 bits per heavy atom. The van der Waals surface area contributed by atoms with Gasteiger partial charge in [-0.15, -0.1) is 0 Å². The Morgan fingerprint density at radius 2 is 2.47 bits per heavy atom. The van der Waals surface area contributed by atoms with Gasteiger partial charge in [0.25, 0.3) is 0 Å². The SMILES string of the molecule is CCCNc1nc(C2CCCCS2)no1. The molecular weight excluding hydrogens is 210 g/mol. The Bertz CT molecular complexity index is 297. The molecule has 84 valence electrons. The second-order valence-corrected chi connectivity index (χ2v) is 5.05. The number of nitrogens with one attached hydrogen (secondary N) is 1. The summed E-state index contributed by atoms with van der Waals surface area (Å²) in [6, 6.07) is 0.568. The molecule has 1 atom stereocenters. The Balaban J connectivity index is 1.93. The van der Waals surface area contributed by atoms with Crippen LogP contribution in [0.4, 0.5) is 6.01 Å². The third kappa shape index (κ3) is 2.87. The molecule has 1 aromatic rings. The highest BCUT2D eigenvalue weighted by Crippen LogP contribution is 2.36. The van der Waals surface area contributed by atoms with Gasteiger partial charge in [0.05, 0.1) is 5.25 Å².